The highest BCUT2D eigenvalue weighted by atomic mass is 32.2. The second-order valence-electron chi connectivity index (χ2n) is 6.39. The third-order valence-corrected chi connectivity index (χ3v) is 6.27. The molecule has 0 aliphatic carbocycles. The molecule has 1 fully saturated rings. The third kappa shape index (κ3) is 4.79. The summed E-state index contributed by atoms with van der Waals surface area (Å²) in [5.74, 6) is -0.303. The van der Waals surface area contributed by atoms with Crippen molar-refractivity contribution in [3.05, 3.63) is 35.9 Å². The van der Waals surface area contributed by atoms with Gasteiger partial charge in [0.05, 0.1) is 5.75 Å². The number of hydrogen-bond donors (Lipinski definition) is 0. The van der Waals surface area contributed by atoms with Crippen molar-refractivity contribution in [3.8, 4) is 0 Å². The van der Waals surface area contributed by atoms with Gasteiger partial charge in [-0.1, -0.05) is 30.3 Å². The van der Waals surface area contributed by atoms with Crippen LogP contribution in [0.3, 0.4) is 0 Å². The minimum Gasteiger partial charge on any atom is -0.329 e. The summed E-state index contributed by atoms with van der Waals surface area (Å²) >= 11 is 0. The van der Waals surface area contributed by atoms with Gasteiger partial charge in [-0.15, -0.1) is 0 Å². The molecule has 8 heteroatoms. The Balaban J connectivity index is 1.96. The summed E-state index contributed by atoms with van der Waals surface area (Å²) in [7, 11) is -0.337. The Morgan fingerprint density at radius 2 is 1.80 bits per heavy atom. The molecule has 138 valence electrons. The topological polar surface area (TPSA) is 78.0 Å². The number of hydrogen-bond acceptors (Lipinski definition) is 4. The van der Waals surface area contributed by atoms with Gasteiger partial charge in [-0.2, -0.15) is 0 Å². The van der Waals surface area contributed by atoms with Crippen LogP contribution in [-0.2, 0) is 26.2 Å². The Bertz CT molecular complexity index is 719. The van der Waals surface area contributed by atoms with E-state index < -0.39 is 16.1 Å². The number of carbonyl (C=O) groups excluding carboxylic acids is 2. The summed E-state index contributed by atoms with van der Waals surface area (Å²) in [6.45, 7) is 2.38. The zero-order chi connectivity index (χ0) is 18.6. The van der Waals surface area contributed by atoms with Gasteiger partial charge in [0.25, 0.3) is 0 Å². The lowest BCUT2D eigenvalue weighted by atomic mass is 10.1. The summed E-state index contributed by atoms with van der Waals surface area (Å²) in [6, 6.07) is 8.95. The maximum absolute atomic E-state index is 12.6. The molecule has 7 nitrogen and oxygen atoms in total. The maximum Gasteiger partial charge on any atom is 0.245 e. The van der Waals surface area contributed by atoms with E-state index in [4.69, 9.17) is 0 Å². The average Bonchev–Trinajstić information content (AvgIpc) is 2.56. The lowest BCUT2D eigenvalue weighted by molar-refractivity contribution is -0.155. The number of sulfonamides is 1. The predicted molar refractivity (Wildman–Crippen MR) is 95.1 cm³/mol. The van der Waals surface area contributed by atoms with Crippen LogP contribution in [0.4, 0.5) is 0 Å². The van der Waals surface area contributed by atoms with Gasteiger partial charge >= 0.3 is 0 Å². The second kappa shape index (κ2) is 7.97. The number of nitrogens with zero attached hydrogens (tertiary/aromatic N) is 3. The Morgan fingerprint density at radius 3 is 2.40 bits per heavy atom. The molecular formula is C17H25N3O4S. The molecule has 1 aromatic carbocycles. The second-order valence-corrected chi connectivity index (χ2v) is 8.70. The molecule has 0 bridgehead atoms. The molecule has 1 saturated heterocycles. The fraction of sp³-hybridized carbons (Fsp3) is 0.529. The van der Waals surface area contributed by atoms with Gasteiger partial charge in [0.15, 0.2) is 0 Å². The van der Waals surface area contributed by atoms with E-state index in [1.807, 2.05) is 30.3 Å². The molecule has 2 amide bonds. The van der Waals surface area contributed by atoms with Crippen LogP contribution >= 0.6 is 0 Å². The van der Waals surface area contributed by atoms with Crippen LogP contribution in [0.5, 0.6) is 0 Å². The van der Waals surface area contributed by atoms with Gasteiger partial charge in [0, 0.05) is 27.2 Å². The summed E-state index contributed by atoms with van der Waals surface area (Å²) in [5.41, 5.74) is 0.973. The fourth-order valence-corrected chi connectivity index (χ4v) is 3.66. The molecule has 0 spiro atoms. The van der Waals surface area contributed by atoms with Crippen molar-refractivity contribution < 1.29 is 18.0 Å². The van der Waals surface area contributed by atoms with Gasteiger partial charge in [-0.05, 0) is 18.9 Å². The quantitative estimate of drug-likeness (QED) is 0.704. The van der Waals surface area contributed by atoms with E-state index >= 15 is 0 Å². The normalized spacial score (nSPS) is 19.0. The minimum atomic E-state index is -3.30. The number of carbonyl (C=O) groups is 2. The summed E-state index contributed by atoms with van der Waals surface area (Å²) in [6.07, 6.45) is 0.308. The van der Waals surface area contributed by atoms with Gasteiger partial charge < -0.3 is 9.80 Å². The Morgan fingerprint density at radius 1 is 1.16 bits per heavy atom. The smallest absolute Gasteiger partial charge is 0.245 e. The van der Waals surface area contributed by atoms with Crippen LogP contribution in [0.15, 0.2) is 30.3 Å². The van der Waals surface area contributed by atoms with E-state index in [9.17, 15) is 18.0 Å². The highest BCUT2D eigenvalue weighted by Crippen LogP contribution is 2.16. The molecule has 0 saturated carbocycles. The molecule has 0 N–H and O–H groups in total. The van der Waals surface area contributed by atoms with Crippen molar-refractivity contribution in [1.82, 2.24) is 14.1 Å². The molecule has 2 rings (SSSR count). The first-order valence-corrected chi connectivity index (χ1v) is 9.85. The third-order valence-electron chi connectivity index (χ3n) is 4.36. The predicted octanol–water partition coefficient (Wildman–Crippen LogP) is 0.527. The number of amides is 2. The average molecular weight is 367 g/mol. The summed E-state index contributed by atoms with van der Waals surface area (Å²) in [5, 5.41) is 0. The van der Waals surface area contributed by atoms with E-state index in [1.165, 1.54) is 23.3 Å². The maximum atomic E-state index is 12.6. The molecule has 0 unspecified atom stereocenters. The first-order valence-electron chi connectivity index (χ1n) is 8.25. The lowest BCUT2D eigenvalue weighted by Crippen LogP contribution is -2.58. The van der Waals surface area contributed by atoms with Gasteiger partial charge in [-0.25, -0.2) is 12.7 Å². The van der Waals surface area contributed by atoms with Crippen LogP contribution in [0, 0.1) is 0 Å². The largest absolute Gasteiger partial charge is 0.329 e. The van der Waals surface area contributed by atoms with Crippen LogP contribution in [0.1, 0.15) is 18.9 Å². The lowest BCUT2D eigenvalue weighted by Gasteiger charge is -2.38. The summed E-state index contributed by atoms with van der Waals surface area (Å²) in [4.78, 5) is 28.0. The van der Waals surface area contributed by atoms with Crippen molar-refractivity contribution in [2.24, 2.45) is 0 Å². The van der Waals surface area contributed by atoms with Crippen LogP contribution in [0.2, 0.25) is 0 Å². The Kier molecular flexibility index (Phi) is 6.18. The number of benzene rings is 1. The standard InChI is InChI=1S/C17H25N3O4S/c1-14-17(22)19(12-15-8-5-4-6-9-15)13-16(21)20(14)10-7-11-25(23,24)18(2)3/h4-6,8-9,14H,7,10-13H2,1-3H3/t14-/m1/s1. The van der Waals surface area contributed by atoms with E-state index in [-0.39, 0.29) is 30.7 Å². The SMILES string of the molecule is C[C@@H]1C(=O)N(Cc2ccccc2)CC(=O)N1CCCS(=O)(=O)N(C)C. The zero-order valence-corrected chi connectivity index (χ0v) is 15.7. The first-order chi connectivity index (χ1) is 11.7. The molecule has 25 heavy (non-hydrogen) atoms. The van der Waals surface area contributed by atoms with E-state index in [0.29, 0.717) is 13.0 Å². The Hall–Kier alpha value is -1.93. The zero-order valence-electron chi connectivity index (χ0n) is 14.9. The highest BCUT2D eigenvalue weighted by molar-refractivity contribution is 7.89. The van der Waals surface area contributed by atoms with E-state index in [2.05, 4.69) is 0 Å². The minimum absolute atomic E-state index is 0.0263. The Labute approximate surface area is 149 Å². The molecule has 0 radical (unpaired) electrons. The van der Waals surface area contributed by atoms with Gasteiger partial charge in [-0.3, -0.25) is 9.59 Å². The van der Waals surface area contributed by atoms with Gasteiger partial charge in [0.2, 0.25) is 21.8 Å². The van der Waals surface area contributed by atoms with Crippen LogP contribution in [-0.4, -0.2) is 73.3 Å². The number of piperazine rings is 1. The van der Waals surface area contributed by atoms with E-state index in [1.54, 1.807) is 11.8 Å². The molecule has 1 aromatic rings. The molecule has 1 aliphatic rings. The van der Waals surface area contributed by atoms with Crippen LogP contribution in [0.25, 0.3) is 0 Å². The molecule has 0 aromatic heterocycles. The van der Waals surface area contributed by atoms with Crippen molar-refractivity contribution in [3.63, 3.8) is 0 Å². The fourth-order valence-electron chi connectivity index (χ4n) is 2.80. The van der Waals surface area contributed by atoms with Crippen molar-refractivity contribution >= 4 is 21.8 Å². The van der Waals surface area contributed by atoms with Crippen molar-refractivity contribution in [1.29, 1.82) is 0 Å². The highest BCUT2D eigenvalue weighted by Gasteiger charge is 2.36. The van der Waals surface area contributed by atoms with Crippen LogP contribution < -0.4 is 0 Å². The number of rotatable bonds is 7. The molecular weight excluding hydrogens is 342 g/mol. The summed E-state index contributed by atoms with van der Waals surface area (Å²) < 4.78 is 24.8. The first kappa shape index (κ1) is 19.4. The van der Waals surface area contributed by atoms with E-state index in [0.717, 1.165) is 5.56 Å². The van der Waals surface area contributed by atoms with Gasteiger partial charge in [0.1, 0.15) is 12.6 Å². The molecule has 1 heterocycles. The van der Waals surface area contributed by atoms with Crippen molar-refractivity contribution in [2.45, 2.75) is 25.9 Å². The molecule has 1 aliphatic heterocycles. The monoisotopic (exact) mass is 367 g/mol. The van der Waals surface area contributed by atoms with Crippen molar-refractivity contribution in [2.75, 3.05) is 32.9 Å². The molecule has 1 atom stereocenters.